The number of fused-ring (bicyclic) bond motifs is 10. The second kappa shape index (κ2) is 6.92. The van der Waals surface area contributed by atoms with E-state index in [4.69, 9.17) is 0 Å². The highest BCUT2D eigenvalue weighted by molar-refractivity contribution is 5.88. The predicted molar refractivity (Wildman–Crippen MR) is 117 cm³/mol. The summed E-state index contributed by atoms with van der Waals surface area (Å²) < 4.78 is 0. The Kier molecular flexibility index (Phi) is 4.35. The molecule has 7 rings (SSSR count). The number of hydrogen-bond donors (Lipinski definition) is 0. The van der Waals surface area contributed by atoms with Gasteiger partial charge in [-0.3, -0.25) is 9.59 Å². The summed E-state index contributed by atoms with van der Waals surface area (Å²) in [5, 5.41) is 0. The van der Waals surface area contributed by atoms with E-state index in [1.54, 1.807) is 0 Å². The van der Waals surface area contributed by atoms with Gasteiger partial charge in [0.1, 0.15) is 11.6 Å². The van der Waals surface area contributed by atoms with Crippen molar-refractivity contribution in [3.05, 3.63) is 0 Å². The van der Waals surface area contributed by atoms with Crippen molar-refractivity contribution in [2.24, 2.45) is 71.0 Å². The Morgan fingerprint density at radius 1 is 0.433 bits per heavy atom. The zero-order valence-electron chi connectivity index (χ0n) is 18.6. The van der Waals surface area contributed by atoms with E-state index in [0.717, 1.165) is 35.5 Å². The van der Waals surface area contributed by atoms with Crippen LogP contribution in [-0.2, 0) is 9.59 Å². The van der Waals surface area contributed by atoms with Crippen LogP contribution >= 0.6 is 0 Å². The van der Waals surface area contributed by atoms with Crippen molar-refractivity contribution in [1.82, 2.24) is 0 Å². The van der Waals surface area contributed by atoms with Gasteiger partial charge in [0.15, 0.2) is 0 Å². The highest BCUT2D eigenvalue weighted by atomic mass is 16.1. The van der Waals surface area contributed by atoms with Gasteiger partial charge in [0.2, 0.25) is 0 Å². The second-order valence-electron chi connectivity index (χ2n) is 12.8. The predicted octanol–water partition coefficient (Wildman–Crippen LogP) is 6.08. The monoisotopic (exact) mass is 408 g/mol. The fraction of sp³-hybridized carbons (Fsp3) is 0.929. The molecule has 0 heterocycles. The minimum absolute atomic E-state index is 0.414. The van der Waals surface area contributed by atoms with Gasteiger partial charge in [0, 0.05) is 23.7 Å². The van der Waals surface area contributed by atoms with Crippen LogP contribution in [0.25, 0.3) is 0 Å². The van der Waals surface area contributed by atoms with Gasteiger partial charge in [-0.15, -0.1) is 0 Å². The minimum atomic E-state index is 0.414. The molecule has 0 amide bonds. The van der Waals surface area contributed by atoms with Gasteiger partial charge in [-0.05, 0) is 112 Å². The Morgan fingerprint density at radius 2 is 0.867 bits per heavy atom. The van der Waals surface area contributed by atoms with E-state index in [1.807, 2.05) is 0 Å². The fourth-order valence-electron chi connectivity index (χ4n) is 11.1. The Bertz CT molecular complexity index is 679. The fourth-order valence-corrected chi connectivity index (χ4v) is 11.1. The molecule has 0 spiro atoms. The van der Waals surface area contributed by atoms with Gasteiger partial charge in [-0.25, -0.2) is 0 Å². The number of rotatable bonds is 0. The van der Waals surface area contributed by atoms with Crippen molar-refractivity contribution < 1.29 is 9.59 Å². The first-order valence-corrected chi connectivity index (χ1v) is 13.8. The van der Waals surface area contributed by atoms with Crippen LogP contribution in [0.1, 0.15) is 89.9 Å². The molecule has 7 aliphatic carbocycles. The van der Waals surface area contributed by atoms with Crippen LogP contribution in [-0.4, -0.2) is 11.6 Å². The van der Waals surface area contributed by atoms with E-state index < -0.39 is 0 Å². The van der Waals surface area contributed by atoms with E-state index in [9.17, 15) is 9.59 Å². The molecular formula is C28H40O2. The third-order valence-electron chi connectivity index (χ3n) is 12.1. The molecule has 0 radical (unpaired) electrons. The molecule has 12 atom stereocenters. The molecule has 0 aromatic rings. The Balaban J connectivity index is 1.15. The van der Waals surface area contributed by atoms with Crippen LogP contribution < -0.4 is 0 Å². The number of hydrogen-bond acceptors (Lipinski definition) is 2. The van der Waals surface area contributed by atoms with E-state index in [2.05, 4.69) is 0 Å². The van der Waals surface area contributed by atoms with E-state index >= 15 is 0 Å². The SMILES string of the molecule is O=C1C2CCCCC2C2CCC3CC4C(CCC5C6CCCCC6C(=O)C45)CC3C12. The largest absolute Gasteiger partial charge is 0.299 e. The molecule has 0 bridgehead atoms. The summed E-state index contributed by atoms with van der Waals surface area (Å²) >= 11 is 0. The molecule has 0 aromatic heterocycles. The van der Waals surface area contributed by atoms with Gasteiger partial charge in [-0.2, -0.15) is 0 Å². The average Bonchev–Trinajstić information content (AvgIpc) is 3.25. The van der Waals surface area contributed by atoms with Crippen LogP contribution in [0, 0.1) is 71.0 Å². The summed E-state index contributed by atoms with van der Waals surface area (Å²) in [4.78, 5) is 27.1. The van der Waals surface area contributed by atoms with Crippen LogP contribution in [0.15, 0.2) is 0 Å². The van der Waals surface area contributed by atoms with E-state index in [-0.39, 0.29) is 0 Å². The summed E-state index contributed by atoms with van der Waals surface area (Å²) in [6, 6.07) is 0. The van der Waals surface area contributed by atoms with E-state index in [1.165, 1.54) is 89.9 Å². The molecule has 0 N–H and O–H groups in total. The lowest BCUT2D eigenvalue weighted by molar-refractivity contribution is -0.135. The highest BCUT2D eigenvalue weighted by Gasteiger charge is 2.61. The molecule has 0 aromatic carbocycles. The maximum absolute atomic E-state index is 13.5. The second-order valence-corrected chi connectivity index (χ2v) is 12.8. The number of ketones is 2. The molecule has 2 heteroatoms. The molecule has 7 saturated carbocycles. The van der Waals surface area contributed by atoms with Gasteiger partial charge in [0.05, 0.1) is 0 Å². The molecule has 7 aliphatic rings. The average molecular weight is 409 g/mol. The minimum Gasteiger partial charge on any atom is -0.299 e. The van der Waals surface area contributed by atoms with Crippen LogP contribution in [0.2, 0.25) is 0 Å². The lowest BCUT2D eigenvalue weighted by Crippen LogP contribution is -2.47. The van der Waals surface area contributed by atoms with Gasteiger partial charge >= 0.3 is 0 Å². The molecule has 12 unspecified atom stereocenters. The molecule has 164 valence electrons. The van der Waals surface area contributed by atoms with Crippen molar-refractivity contribution >= 4 is 11.6 Å². The number of carbonyl (C=O) groups excluding carboxylic acids is 2. The Hall–Kier alpha value is -0.660. The van der Waals surface area contributed by atoms with Crippen molar-refractivity contribution in [1.29, 1.82) is 0 Å². The maximum Gasteiger partial charge on any atom is 0.139 e. The molecular weight excluding hydrogens is 368 g/mol. The zero-order chi connectivity index (χ0) is 20.0. The van der Waals surface area contributed by atoms with Crippen LogP contribution in [0.5, 0.6) is 0 Å². The van der Waals surface area contributed by atoms with E-state index in [0.29, 0.717) is 47.1 Å². The summed E-state index contributed by atoms with van der Waals surface area (Å²) in [5.74, 6) is 8.91. The van der Waals surface area contributed by atoms with Crippen molar-refractivity contribution in [2.45, 2.75) is 89.9 Å². The topological polar surface area (TPSA) is 34.1 Å². The molecule has 0 aliphatic heterocycles. The van der Waals surface area contributed by atoms with Crippen LogP contribution in [0.4, 0.5) is 0 Å². The third-order valence-corrected chi connectivity index (χ3v) is 12.1. The summed E-state index contributed by atoms with van der Waals surface area (Å²) in [6.45, 7) is 0. The first kappa shape index (κ1) is 18.9. The lowest BCUT2D eigenvalue weighted by atomic mass is 9.51. The summed E-state index contributed by atoms with van der Waals surface area (Å²) in [7, 11) is 0. The lowest BCUT2D eigenvalue weighted by Gasteiger charge is -2.52. The third kappa shape index (κ3) is 2.49. The smallest absolute Gasteiger partial charge is 0.139 e. The highest BCUT2D eigenvalue weighted by Crippen LogP contribution is 2.64. The quantitative estimate of drug-likeness (QED) is 0.487. The molecule has 0 saturated heterocycles. The first-order chi connectivity index (χ1) is 14.7. The van der Waals surface area contributed by atoms with Gasteiger partial charge in [-0.1, -0.05) is 25.7 Å². The Morgan fingerprint density at radius 3 is 1.33 bits per heavy atom. The van der Waals surface area contributed by atoms with Crippen molar-refractivity contribution in [2.75, 3.05) is 0 Å². The van der Waals surface area contributed by atoms with Gasteiger partial charge < -0.3 is 0 Å². The number of carbonyl (C=O) groups is 2. The van der Waals surface area contributed by atoms with Crippen molar-refractivity contribution in [3.63, 3.8) is 0 Å². The van der Waals surface area contributed by atoms with Crippen molar-refractivity contribution in [3.8, 4) is 0 Å². The summed E-state index contributed by atoms with van der Waals surface area (Å²) in [6.07, 6.45) is 18.3. The molecule has 2 nitrogen and oxygen atoms in total. The zero-order valence-corrected chi connectivity index (χ0v) is 18.6. The normalized spacial score (nSPS) is 56.9. The molecule has 30 heavy (non-hydrogen) atoms. The van der Waals surface area contributed by atoms with Crippen LogP contribution in [0.3, 0.4) is 0 Å². The Labute approximate surface area is 182 Å². The van der Waals surface area contributed by atoms with Gasteiger partial charge in [0.25, 0.3) is 0 Å². The molecule has 7 fully saturated rings. The standard InChI is InChI=1S/C28H40O2/c29-27-21-7-3-1-5-17(21)19-11-9-15-14-24-16(13-23(15)25(19)27)10-12-20-18-6-2-4-8-22(18)28(30)26(20)24/h15-26H,1-14H2. The maximum atomic E-state index is 13.5. The number of Topliss-reactive ketones (excluding diaryl/α,β-unsaturated/α-hetero) is 2. The first-order valence-electron chi connectivity index (χ1n) is 13.8. The summed E-state index contributed by atoms with van der Waals surface area (Å²) in [5.41, 5.74) is 0.